The van der Waals surface area contributed by atoms with Crippen LogP contribution >= 0.6 is 11.3 Å². The number of nitrogens with zero attached hydrogens (tertiary/aromatic N) is 1. The van der Waals surface area contributed by atoms with E-state index in [0.29, 0.717) is 18.1 Å². The van der Waals surface area contributed by atoms with Crippen LogP contribution < -0.4 is 4.90 Å². The molecule has 1 N–H and O–H groups in total. The van der Waals surface area contributed by atoms with Crippen molar-refractivity contribution in [3.05, 3.63) is 17.0 Å². The Hall–Kier alpha value is -0.910. The second-order valence-corrected chi connectivity index (χ2v) is 4.67. The third kappa shape index (κ3) is 2.04. The molecule has 1 aromatic heterocycles. The van der Waals surface area contributed by atoms with Gasteiger partial charge < -0.3 is 14.7 Å². The minimum atomic E-state index is -0.447. The van der Waals surface area contributed by atoms with Gasteiger partial charge in [-0.25, -0.2) is 0 Å². The number of ether oxygens (including phenoxy) is 1. The average Bonchev–Trinajstić information content (AvgIpc) is 2.84. The summed E-state index contributed by atoms with van der Waals surface area (Å²) in [5.41, 5.74) is 0. The van der Waals surface area contributed by atoms with Crippen LogP contribution in [0.1, 0.15) is 9.67 Å². The van der Waals surface area contributed by atoms with Crippen LogP contribution in [0.15, 0.2) is 12.1 Å². The van der Waals surface area contributed by atoms with Gasteiger partial charge in [-0.15, -0.1) is 11.3 Å². The van der Waals surface area contributed by atoms with Gasteiger partial charge in [-0.05, 0) is 12.1 Å². The van der Waals surface area contributed by atoms with Crippen molar-refractivity contribution < 1.29 is 14.6 Å². The first kappa shape index (κ1) is 10.6. The molecule has 4 nitrogen and oxygen atoms in total. The number of hydrogen-bond donors (Lipinski definition) is 1. The zero-order valence-corrected chi connectivity index (χ0v) is 9.24. The van der Waals surface area contributed by atoms with Crippen molar-refractivity contribution in [2.45, 2.75) is 12.1 Å². The second kappa shape index (κ2) is 4.30. The summed E-state index contributed by atoms with van der Waals surface area (Å²) in [5, 5.41) is 10.6. The molecule has 1 aliphatic heterocycles. The van der Waals surface area contributed by atoms with Crippen molar-refractivity contribution in [3.8, 4) is 0 Å². The first-order valence-corrected chi connectivity index (χ1v) is 5.57. The lowest BCUT2D eigenvalue weighted by molar-refractivity contribution is 0.112. The average molecular weight is 227 g/mol. The summed E-state index contributed by atoms with van der Waals surface area (Å²) in [6.45, 7) is 0.924. The highest BCUT2D eigenvalue weighted by molar-refractivity contribution is 7.17. The van der Waals surface area contributed by atoms with Crippen LogP contribution in [0, 0.1) is 0 Å². The number of carbonyl (C=O) groups is 1. The highest BCUT2D eigenvalue weighted by Crippen LogP contribution is 2.27. The van der Waals surface area contributed by atoms with Gasteiger partial charge in [0.25, 0.3) is 0 Å². The smallest absolute Gasteiger partial charge is 0.160 e. The van der Waals surface area contributed by atoms with E-state index >= 15 is 0 Å². The van der Waals surface area contributed by atoms with E-state index in [1.165, 1.54) is 11.3 Å². The number of carbonyl (C=O) groups excluding carboxylic acids is 1. The Kier molecular flexibility index (Phi) is 3.04. The number of aliphatic hydroxyl groups excluding tert-OH is 1. The summed E-state index contributed by atoms with van der Waals surface area (Å²) in [5.74, 6) is 0. The predicted octanol–water partition coefficient (Wildman–Crippen LogP) is 0.756. The molecular formula is C10H13NO3S. The van der Waals surface area contributed by atoms with Gasteiger partial charge in [-0.2, -0.15) is 0 Å². The minimum absolute atomic E-state index is 0.0110. The maximum atomic E-state index is 10.5. The predicted molar refractivity (Wildman–Crippen MR) is 58.7 cm³/mol. The highest BCUT2D eigenvalue weighted by atomic mass is 32.1. The minimum Gasteiger partial charge on any atom is -0.388 e. The normalized spacial score (nSPS) is 25.5. The van der Waals surface area contributed by atoms with Crippen LogP contribution in [-0.4, -0.2) is 43.8 Å². The molecule has 0 amide bonds. The number of likely N-dealkylation sites (N-methyl/N-ethyl adjacent to an activating group) is 1. The Balaban J connectivity index is 2.12. The Morgan fingerprint density at radius 3 is 2.93 bits per heavy atom. The van der Waals surface area contributed by atoms with Crippen molar-refractivity contribution in [1.29, 1.82) is 0 Å². The fourth-order valence-corrected chi connectivity index (χ4v) is 2.50. The topological polar surface area (TPSA) is 49.8 Å². The molecule has 2 rings (SSSR count). The van der Waals surface area contributed by atoms with Crippen LogP contribution in [0.4, 0.5) is 5.00 Å². The van der Waals surface area contributed by atoms with Gasteiger partial charge in [0.15, 0.2) is 6.29 Å². The number of aliphatic hydroxyl groups is 1. The molecule has 2 heterocycles. The molecule has 1 fully saturated rings. The Bertz CT molecular complexity index is 352. The fraction of sp³-hybridized carbons (Fsp3) is 0.500. The molecule has 15 heavy (non-hydrogen) atoms. The van der Waals surface area contributed by atoms with E-state index in [0.717, 1.165) is 11.3 Å². The van der Waals surface area contributed by atoms with E-state index in [2.05, 4.69) is 0 Å². The van der Waals surface area contributed by atoms with E-state index in [9.17, 15) is 9.90 Å². The standard InChI is InChI=1S/C10H13NO3S/c1-11(8-5-14-6-9(8)13)10-3-2-7(4-12)15-10/h2-4,8-9,13H,5-6H2,1H3/t8-,9-/m1/s1. The molecule has 0 aliphatic carbocycles. The van der Waals surface area contributed by atoms with Gasteiger partial charge in [0, 0.05) is 7.05 Å². The number of rotatable bonds is 3. The first-order chi connectivity index (χ1) is 7.22. The molecule has 0 aromatic carbocycles. The molecule has 82 valence electrons. The van der Waals surface area contributed by atoms with Gasteiger partial charge >= 0.3 is 0 Å². The van der Waals surface area contributed by atoms with Crippen LogP contribution in [0.2, 0.25) is 0 Å². The monoisotopic (exact) mass is 227 g/mol. The van der Waals surface area contributed by atoms with Crippen LogP contribution in [0.5, 0.6) is 0 Å². The molecule has 1 aliphatic rings. The van der Waals surface area contributed by atoms with Gasteiger partial charge in [-0.1, -0.05) is 0 Å². The van der Waals surface area contributed by atoms with Gasteiger partial charge in [0.05, 0.1) is 35.2 Å². The van der Waals surface area contributed by atoms with Crippen LogP contribution in [0.25, 0.3) is 0 Å². The molecule has 0 unspecified atom stereocenters. The van der Waals surface area contributed by atoms with E-state index in [1.807, 2.05) is 18.0 Å². The number of aldehydes is 1. The summed E-state index contributed by atoms with van der Waals surface area (Å²) in [6, 6.07) is 3.66. The quantitative estimate of drug-likeness (QED) is 0.774. The molecule has 1 saturated heterocycles. The number of anilines is 1. The molecule has 2 atom stereocenters. The molecule has 0 bridgehead atoms. The molecular weight excluding hydrogens is 214 g/mol. The van der Waals surface area contributed by atoms with E-state index < -0.39 is 6.10 Å². The molecule has 0 saturated carbocycles. The maximum Gasteiger partial charge on any atom is 0.160 e. The van der Waals surface area contributed by atoms with Crippen molar-refractivity contribution in [3.63, 3.8) is 0 Å². The number of thiophene rings is 1. The second-order valence-electron chi connectivity index (χ2n) is 3.58. The third-order valence-electron chi connectivity index (χ3n) is 2.60. The van der Waals surface area contributed by atoms with Gasteiger partial charge in [0.2, 0.25) is 0 Å². The maximum absolute atomic E-state index is 10.5. The third-order valence-corrected chi connectivity index (χ3v) is 3.70. The summed E-state index contributed by atoms with van der Waals surface area (Å²) < 4.78 is 5.19. The summed E-state index contributed by atoms with van der Waals surface area (Å²) in [4.78, 5) is 13.2. The van der Waals surface area contributed by atoms with Crippen LogP contribution in [-0.2, 0) is 4.74 Å². The largest absolute Gasteiger partial charge is 0.388 e. The SMILES string of the molecule is CN(c1ccc(C=O)s1)[C@@H]1COC[C@H]1O. The summed E-state index contributed by atoms with van der Waals surface area (Å²) in [6.07, 6.45) is 0.389. The molecule has 0 spiro atoms. The molecule has 0 radical (unpaired) electrons. The fourth-order valence-electron chi connectivity index (χ4n) is 1.66. The lowest BCUT2D eigenvalue weighted by Crippen LogP contribution is -2.40. The summed E-state index contributed by atoms with van der Waals surface area (Å²) in [7, 11) is 1.91. The van der Waals surface area contributed by atoms with Gasteiger partial charge in [-0.3, -0.25) is 4.79 Å². The van der Waals surface area contributed by atoms with Crippen molar-refractivity contribution in [2.24, 2.45) is 0 Å². The Morgan fingerprint density at radius 1 is 1.60 bits per heavy atom. The van der Waals surface area contributed by atoms with Crippen molar-refractivity contribution in [1.82, 2.24) is 0 Å². The Morgan fingerprint density at radius 2 is 2.40 bits per heavy atom. The van der Waals surface area contributed by atoms with Crippen molar-refractivity contribution in [2.75, 3.05) is 25.2 Å². The zero-order chi connectivity index (χ0) is 10.8. The Labute approximate surface area is 92.1 Å². The molecule has 5 heteroatoms. The summed E-state index contributed by atoms with van der Waals surface area (Å²) >= 11 is 1.42. The lowest BCUT2D eigenvalue weighted by Gasteiger charge is -2.25. The highest BCUT2D eigenvalue weighted by Gasteiger charge is 2.30. The van der Waals surface area contributed by atoms with Crippen LogP contribution in [0.3, 0.4) is 0 Å². The lowest BCUT2D eigenvalue weighted by atomic mass is 10.2. The van der Waals surface area contributed by atoms with E-state index in [1.54, 1.807) is 6.07 Å². The van der Waals surface area contributed by atoms with E-state index in [4.69, 9.17) is 4.74 Å². The molecule has 1 aromatic rings. The van der Waals surface area contributed by atoms with Crippen molar-refractivity contribution >= 4 is 22.6 Å². The van der Waals surface area contributed by atoms with E-state index in [-0.39, 0.29) is 6.04 Å². The first-order valence-electron chi connectivity index (χ1n) is 4.76. The number of hydrogen-bond acceptors (Lipinski definition) is 5. The van der Waals surface area contributed by atoms with Gasteiger partial charge in [0.1, 0.15) is 0 Å². The zero-order valence-electron chi connectivity index (χ0n) is 8.42.